The van der Waals surface area contributed by atoms with Crippen LogP contribution in [-0.4, -0.2) is 96.1 Å². The molecule has 1 aliphatic carbocycles. The van der Waals surface area contributed by atoms with Crippen molar-refractivity contribution in [2.24, 2.45) is 0 Å². The summed E-state index contributed by atoms with van der Waals surface area (Å²) >= 11 is 0. The van der Waals surface area contributed by atoms with Gasteiger partial charge in [-0.15, -0.1) is 0 Å². The predicted molar refractivity (Wildman–Crippen MR) is 261 cm³/mol. The van der Waals surface area contributed by atoms with Gasteiger partial charge in [0, 0.05) is 60.4 Å². The van der Waals surface area contributed by atoms with E-state index >= 15 is 0 Å². The van der Waals surface area contributed by atoms with Gasteiger partial charge in [0.05, 0.1) is 37.2 Å². The quantitative estimate of drug-likeness (QED) is 0.0265. The molecule has 0 bridgehead atoms. The lowest BCUT2D eigenvalue weighted by Crippen LogP contribution is -2.26. The Hall–Kier alpha value is -6.67. The summed E-state index contributed by atoms with van der Waals surface area (Å²) in [5.41, 5.74) is 3.11. The molecule has 7 atom stereocenters. The average molecular weight is 1060 g/mol. The van der Waals surface area contributed by atoms with E-state index in [1.807, 2.05) is 32.9 Å². The molecule has 0 radical (unpaired) electrons. The molecule has 5 aromatic rings. The monoisotopic (exact) mass is 1060 g/mol. The number of amides is 1. The summed E-state index contributed by atoms with van der Waals surface area (Å²) in [5, 5.41) is 37.5. The molecular formula is C46H47N6O18P3. The fraction of sp³-hybridized carbons (Fsp3) is 0.261. The minimum atomic E-state index is -5.30. The van der Waals surface area contributed by atoms with Crippen LogP contribution in [0.1, 0.15) is 71.3 Å². The lowest BCUT2D eigenvalue weighted by atomic mass is 9.89. The molecule has 4 heterocycles. The second kappa shape index (κ2) is 22.6. The number of phosphoric ester groups is 2. The molecular weight excluding hydrogens is 1020 g/mol. The van der Waals surface area contributed by atoms with E-state index < -0.39 is 60.4 Å². The Balaban J connectivity index is 0.00000385. The van der Waals surface area contributed by atoms with Gasteiger partial charge in [0.1, 0.15) is 35.8 Å². The number of carboxylic acids is 1. The Morgan fingerprint density at radius 3 is 2.37 bits per heavy atom. The summed E-state index contributed by atoms with van der Waals surface area (Å²) in [6.07, 6.45) is -0.659. The highest BCUT2D eigenvalue weighted by Crippen LogP contribution is 2.70. The molecule has 1 amide bonds. The van der Waals surface area contributed by atoms with Gasteiger partial charge in [-0.3, -0.25) is 27.7 Å². The van der Waals surface area contributed by atoms with E-state index in [0.717, 1.165) is 19.8 Å². The molecule has 27 heteroatoms. The number of nitrogens with zero attached hydrogens (tertiary/aromatic N) is 4. The van der Waals surface area contributed by atoms with Crippen LogP contribution in [0.5, 0.6) is 5.75 Å². The van der Waals surface area contributed by atoms with Crippen LogP contribution < -0.4 is 16.1 Å². The highest BCUT2D eigenvalue weighted by molar-refractivity contribution is 7.67. The van der Waals surface area contributed by atoms with Gasteiger partial charge in [0.2, 0.25) is 0 Å². The van der Waals surface area contributed by atoms with Crippen LogP contribution >= 0.6 is 23.5 Å². The largest absolute Gasteiger partial charge is 0.508 e. The molecule has 2 aromatic heterocycles. The number of phenols is 1. The number of aromatic hydroxyl groups is 1. The minimum absolute atomic E-state index is 0.0345. The summed E-state index contributed by atoms with van der Waals surface area (Å²) in [7, 11) is -14.0. The topological polar surface area (TPSA) is 340 Å². The third-order valence-corrected chi connectivity index (χ3v) is 15.6. The molecule has 7 N–H and O–H groups in total. The zero-order chi connectivity index (χ0) is 52.8. The van der Waals surface area contributed by atoms with E-state index in [2.05, 4.69) is 55.1 Å². The lowest BCUT2D eigenvalue weighted by molar-refractivity contribution is -0.0424. The third-order valence-electron chi connectivity index (χ3n) is 10.9. The molecule has 1 saturated heterocycles. The first kappa shape index (κ1) is 54.1. The van der Waals surface area contributed by atoms with Crippen LogP contribution in [0.3, 0.4) is 0 Å². The third kappa shape index (κ3) is 12.6. The van der Waals surface area contributed by atoms with Gasteiger partial charge >= 0.3 is 29.4 Å². The van der Waals surface area contributed by atoms with Crippen molar-refractivity contribution in [2.45, 2.75) is 51.7 Å². The first-order valence-electron chi connectivity index (χ1n) is 21.9. The van der Waals surface area contributed by atoms with Gasteiger partial charge in [-0.2, -0.15) is 8.62 Å². The zero-order valence-corrected chi connectivity index (χ0v) is 41.9. The van der Waals surface area contributed by atoms with E-state index in [4.69, 9.17) is 13.7 Å². The van der Waals surface area contributed by atoms with Crippen molar-refractivity contribution in [2.75, 3.05) is 32.7 Å². The maximum atomic E-state index is 13.4. The van der Waals surface area contributed by atoms with E-state index in [-0.39, 0.29) is 58.2 Å². The van der Waals surface area contributed by atoms with Gasteiger partial charge < -0.3 is 44.9 Å². The number of fused-ring (bicyclic) bond motifs is 3. The van der Waals surface area contributed by atoms with Crippen molar-refractivity contribution in [1.82, 2.24) is 24.8 Å². The number of aromatic carboxylic acids is 1. The summed E-state index contributed by atoms with van der Waals surface area (Å²) in [6.45, 7) is 5.08. The van der Waals surface area contributed by atoms with E-state index in [9.17, 15) is 53.2 Å². The van der Waals surface area contributed by atoms with Gasteiger partial charge in [0.15, 0.2) is 22.4 Å². The highest BCUT2D eigenvalue weighted by Gasteiger charge is 2.45. The highest BCUT2D eigenvalue weighted by atomic mass is 31.3. The molecule has 6 unspecified atom stereocenters. The molecule has 73 heavy (non-hydrogen) atoms. The average Bonchev–Trinajstić information content (AvgIpc) is 3.97. The SMILES string of the molecule is CC.COP(=O)(O)OP(=O)(OC)OP(=O)(O)OCC1OC(n2cnc3c(NC(C)c4ccc(C#CCNC(=O)c5ccc(C(=O)O)c(-c6c7ccc(=O)cc-7oc7cc(O)ccc67)c5)cc4)ncnc32)C[C@H]1O. The molecule has 0 saturated carbocycles. The standard InChI is InChI=1S/C44H41N6O18P3.C2H6/c1-24(49-41-40-42(47-22-46-41)50(23-48-40)38-20-34(53)37(66-38)21-64-70(59,60)68-71(61,63-3)67-69(57,58)62-2)26-8-6-25(7-9-26)5-4-16-45-43(54)27-10-13-30(44(55)56)33(17-27)39-31-14-11-28(51)18-35(31)65-36-19-29(52)12-15-32(36)39;1-2/h6-15,17-19,22-24,34,37-38,51,53H,16,20-21H2,1-3H3,(H,45,54)(H,55,56)(H,57,58)(H,59,60)(H,46,47,49);1-2H3/t24?,34-,37?,38?,71?;/m1./s1. The second-order valence-electron chi connectivity index (χ2n) is 15.5. The number of nitrogens with one attached hydrogen (secondary N) is 2. The van der Waals surface area contributed by atoms with Crippen molar-refractivity contribution in [1.29, 1.82) is 0 Å². The molecule has 1 fully saturated rings. The maximum Gasteiger partial charge on any atom is 0.492 e. The number of benzene rings is 4. The van der Waals surface area contributed by atoms with E-state index in [1.54, 1.807) is 18.2 Å². The number of phosphoric acid groups is 3. The van der Waals surface area contributed by atoms with Crippen molar-refractivity contribution in [3.8, 4) is 40.0 Å². The Morgan fingerprint density at radius 2 is 1.66 bits per heavy atom. The van der Waals surface area contributed by atoms with Crippen molar-refractivity contribution < 1.29 is 79.7 Å². The van der Waals surface area contributed by atoms with Crippen molar-refractivity contribution >= 4 is 63.3 Å². The number of ether oxygens (including phenoxy) is 1. The minimum Gasteiger partial charge on any atom is -0.508 e. The Labute approximate surface area is 415 Å². The first-order chi connectivity index (χ1) is 34.8. The first-order valence-corrected chi connectivity index (χ1v) is 26.4. The van der Waals surface area contributed by atoms with Gasteiger partial charge in [-0.05, 0) is 72.6 Å². The van der Waals surface area contributed by atoms with Crippen molar-refractivity contribution in [3.63, 3.8) is 0 Å². The Bertz CT molecular complexity index is 3430. The molecule has 2 aliphatic heterocycles. The predicted octanol–water partition coefficient (Wildman–Crippen LogP) is 7.39. The van der Waals surface area contributed by atoms with Crippen molar-refractivity contribution in [3.05, 3.63) is 124 Å². The number of hydrogen-bond acceptors (Lipinski definition) is 19. The number of carbonyl (C=O) groups is 2. The van der Waals surface area contributed by atoms with Crippen LogP contribution in [0.15, 0.2) is 101 Å². The lowest BCUT2D eigenvalue weighted by Gasteiger charge is -2.21. The Morgan fingerprint density at radius 1 is 0.918 bits per heavy atom. The van der Waals surface area contributed by atoms with Gasteiger partial charge in [-0.1, -0.05) is 37.8 Å². The van der Waals surface area contributed by atoms with Crippen LogP contribution in [-0.2, 0) is 40.6 Å². The maximum absolute atomic E-state index is 13.4. The number of phenolic OH excluding ortho intramolecular Hbond substituents is 1. The smallest absolute Gasteiger partial charge is 0.492 e. The fourth-order valence-electron chi connectivity index (χ4n) is 7.51. The number of carbonyl (C=O) groups excluding carboxylic acids is 1. The summed E-state index contributed by atoms with van der Waals surface area (Å²) in [6, 6.07) is 19.6. The fourth-order valence-corrected chi connectivity index (χ4v) is 11.2. The van der Waals surface area contributed by atoms with E-state index in [1.165, 1.54) is 65.8 Å². The molecule has 384 valence electrons. The second-order valence-corrected chi connectivity index (χ2v) is 20.6. The zero-order valence-electron chi connectivity index (χ0n) is 39.3. The number of aliphatic hydroxyl groups excluding tert-OH is 1. The molecule has 3 aromatic carbocycles. The van der Waals surface area contributed by atoms with Crippen LogP contribution in [0, 0.1) is 11.8 Å². The summed E-state index contributed by atoms with van der Waals surface area (Å²) in [5.74, 6) is 4.60. The number of anilines is 1. The number of aliphatic hydroxyl groups is 1. The van der Waals surface area contributed by atoms with Gasteiger partial charge in [0.25, 0.3) is 5.91 Å². The number of carboxylic acid groups (broad SMARTS) is 1. The van der Waals surface area contributed by atoms with Gasteiger partial charge in [-0.25, -0.2) is 33.4 Å². The number of aromatic nitrogens is 4. The molecule has 0 spiro atoms. The Kier molecular flexibility index (Phi) is 16.8. The molecule has 24 nitrogen and oxygen atoms in total. The molecule has 3 aliphatic rings. The van der Waals surface area contributed by atoms with Crippen LogP contribution in [0.25, 0.3) is 44.6 Å². The summed E-state index contributed by atoms with van der Waals surface area (Å²) < 4.78 is 72.0. The number of imidazole rings is 1. The normalized spacial score (nSPS) is 18.3. The van der Waals surface area contributed by atoms with E-state index in [0.29, 0.717) is 39.1 Å². The number of rotatable bonds is 17. The van der Waals surface area contributed by atoms with Crippen LogP contribution in [0.2, 0.25) is 0 Å². The summed E-state index contributed by atoms with van der Waals surface area (Å²) in [4.78, 5) is 70.8. The number of hydrogen-bond donors (Lipinski definition) is 7. The molecule has 8 rings (SSSR count). The van der Waals surface area contributed by atoms with Crippen LogP contribution in [0.4, 0.5) is 5.82 Å².